The lowest BCUT2D eigenvalue weighted by molar-refractivity contribution is -0.125. The van der Waals surface area contributed by atoms with Gasteiger partial charge < -0.3 is 10.3 Å². The van der Waals surface area contributed by atoms with Gasteiger partial charge in [0.2, 0.25) is 5.91 Å². The van der Waals surface area contributed by atoms with Crippen molar-refractivity contribution in [1.29, 1.82) is 0 Å². The largest absolute Gasteiger partial charge is 0.361 e. The molecule has 8 heteroatoms. The molecule has 0 spiro atoms. The molecule has 2 aromatic rings. The van der Waals surface area contributed by atoms with E-state index >= 15 is 0 Å². The average molecular weight is 437 g/mol. The smallest absolute Gasteiger partial charge is 0.289 e. The molecule has 0 atom stereocenters. The number of H-pyrrole nitrogens is 1. The second-order valence-corrected chi connectivity index (χ2v) is 9.15. The molecule has 0 aliphatic carbocycles. The van der Waals surface area contributed by atoms with E-state index < -0.39 is 0 Å². The minimum absolute atomic E-state index is 0.150. The highest BCUT2D eigenvalue weighted by Gasteiger charge is 2.31. The summed E-state index contributed by atoms with van der Waals surface area (Å²) in [6, 6.07) is 7.66. The molecule has 4 heterocycles. The van der Waals surface area contributed by atoms with Crippen LogP contribution in [0.3, 0.4) is 0 Å². The van der Waals surface area contributed by atoms with Crippen LogP contribution in [0.15, 0.2) is 30.5 Å². The Morgan fingerprint density at radius 2 is 1.84 bits per heavy atom. The van der Waals surface area contributed by atoms with Crippen molar-refractivity contribution in [2.45, 2.75) is 32.4 Å². The standard InChI is InChI=1S/C23H24N4O3S/c28-21-14-31-23(30)27(21)13-15-4-5-20-18(9-15)19(22(29)25-20)10-17-8-16(11-24-17)12-26-6-2-1-3-7-26/h4-5,8-11,24H,1-3,6-7,12-14H2,(H,25,29)/b19-10-. The van der Waals surface area contributed by atoms with Crippen molar-refractivity contribution in [3.8, 4) is 0 Å². The fourth-order valence-corrected chi connectivity index (χ4v) is 5.08. The van der Waals surface area contributed by atoms with E-state index in [1.54, 1.807) is 0 Å². The zero-order chi connectivity index (χ0) is 21.4. The number of nitrogens with one attached hydrogen (secondary N) is 2. The molecule has 3 aliphatic heterocycles. The average Bonchev–Trinajstić information content (AvgIpc) is 3.43. The third-order valence-corrected chi connectivity index (χ3v) is 6.83. The highest BCUT2D eigenvalue weighted by Crippen LogP contribution is 2.34. The number of piperidine rings is 1. The summed E-state index contributed by atoms with van der Waals surface area (Å²) in [5, 5.41) is 2.68. The van der Waals surface area contributed by atoms with E-state index in [9.17, 15) is 14.4 Å². The van der Waals surface area contributed by atoms with Gasteiger partial charge in [0.1, 0.15) is 0 Å². The number of hydrogen-bond acceptors (Lipinski definition) is 5. The fraction of sp³-hybridized carbons (Fsp3) is 0.348. The molecule has 3 amide bonds. The quantitative estimate of drug-likeness (QED) is 0.699. The summed E-state index contributed by atoms with van der Waals surface area (Å²) in [4.78, 5) is 43.4. The van der Waals surface area contributed by atoms with E-state index in [0.717, 1.165) is 53.9 Å². The number of rotatable bonds is 5. The number of carbonyl (C=O) groups excluding carboxylic acids is 3. The third kappa shape index (κ3) is 4.18. The van der Waals surface area contributed by atoms with Crippen LogP contribution in [0.4, 0.5) is 10.5 Å². The van der Waals surface area contributed by atoms with Gasteiger partial charge in [-0.25, -0.2) is 0 Å². The van der Waals surface area contributed by atoms with Crippen LogP contribution in [0.25, 0.3) is 11.6 Å². The number of aromatic nitrogens is 1. The molecular weight excluding hydrogens is 412 g/mol. The van der Waals surface area contributed by atoms with E-state index in [1.165, 1.54) is 29.7 Å². The van der Waals surface area contributed by atoms with Gasteiger partial charge >= 0.3 is 0 Å². The molecule has 0 saturated carbocycles. The van der Waals surface area contributed by atoms with Gasteiger partial charge in [0.15, 0.2) is 0 Å². The second kappa shape index (κ2) is 8.36. The SMILES string of the molecule is O=C1Nc2ccc(CN3C(=O)CSC3=O)cc2/C1=C/c1cc(CN2CCCCC2)c[nH]1. The predicted molar refractivity (Wildman–Crippen MR) is 121 cm³/mol. The maximum atomic E-state index is 12.6. The monoisotopic (exact) mass is 436 g/mol. The Morgan fingerprint density at radius 3 is 2.61 bits per heavy atom. The van der Waals surface area contributed by atoms with Crippen molar-refractivity contribution in [2.24, 2.45) is 0 Å². The molecule has 160 valence electrons. The van der Waals surface area contributed by atoms with Crippen LogP contribution >= 0.6 is 11.8 Å². The first kappa shape index (κ1) is 20.1. The molecule has 1 aromatic carbocycles. The number of amides is 3. The van der Waals surface area contributed by atoms with Gasteiger partial charge in [0, 0.05) is 29.7 Å². The van der Waals surface area contributed by atoms with Gasteiger partial charge in [-0.2, -0.15) is 0 Å². The Balaban J connectivity index is 1.36. The van der Waals surface area contributed by atoms with Gasteiger partial charge in [0.05, 0.1) is 17.9 Å². The van der Waals surface area contributed by atoms with E-state index in [-0.39, 0.29) is 29.4 Å². The van der Waals surface area contributed by atoms with Gasteiger partial charge in [0.25, 0.3) is 11.1 Å². The summed E-state index contributed by atoms with van der Waals surface area (Å²) in [5.74, 6) is -0.127. The Kier molecular flexibility index (Phi) is 5.41. The van der Waals surface area contributed by atoms with E-state index in [2.05, 4.69) is 21.3 Å². The predicted octanol–water partition coefficient (Wildman–Crippen LogP) is 3.69. The lowest BCUT2D eigenvalue weighted by Crippen LogP contribution is -2.28. The van der Waals surface area contributed by atoms with Gasteiger partial charge in [-0.15, -0.1) is 0 Å². The number of aromatic amines is 1. The molecule has 2 N–H and O–H groups in total. The Labute approximate surface area is 184 Å². The van der Waals surface area contributed by atoms with Crippen molar-refractivity contribution in [2.75, 3.05) is 24.2 Å². The van der Waals surface area contributed by atoms with Crippen molar-refractivity contribution >= 4 is 46.2 Å². The third-order valence-electron chi connectivity index (χ3n) is 5.97. The van der Waals surface area contributed by atoms with E-state index in [0.29, 0.717) is 5.57 Å². The van der Waals surface area contributed by atoms with Gasteiger partial charge in [-0.05, 0) is 61.3 Å². The fourth-order valence-electron chi connectivity index (χ4n) is 4.36. The van der Waals surface area contributed by atoms with Crippen LogP contribution in [0.2, 0.25) is 0 Å². The minimum Gasteiger partial charge on any atom is -0.361 e. The van der Waals surface area contributed by atoms with Gasteiger partial charge in [-0.3, -0.25) is 24.2 Å². The van der Waals surface area contributed by atoms with Gasteiger partial charge in [-0.1, -0.05) is 24.2 Å². The molecule has 7 nitrogen and oxygen atoms in total. The number of likely N-dealkylation sites (tertiary alicyclic amines) is 1. The molecule has 5 rings (SSSR count). The summed E-state index contributed by atoms with van der Waals surface area (Å²) in [6.45, 7) is 3.42. The minimum atomic E-state index is -0.219. The molecule has 0 unspecified atom stereocenters. The van der Waals surface area contributed by atoms with Crippen LogP contribution in [0.1, 0.15) is 41.6 Å². The normalized spacial score (nSPS) is 20.6. The first-order chi connectivity index (χ1) is 15.1. The molecule has 1 aromatic heterocycles. The number of imide groups is 1. The van der Waals surface area contributed by atoms with Crippen molar-refractivity contribution < 1.29 is 14.4 Å². The number of hydrogen-bond donors (Lipinski definition) is 2. The first-order valence-corrected chi connectivity index (χ1v) is 11.6. The van der Waals surface area contributed by atoms with Crippen molar-refractivity contribution in [3.05, 3.63) is 52.8 Å². The van der Waals surface area contributed by atoms with Crippen molar-refractivity contribution in [1.82, 2.24) is 14.8 Å². The first-order valence-electron chi connectivity index (χ1n) is 10.6. The topological polar surface area (TPSA) is 85.5 Å². The zero-order valence-corrected chi connectivity index (χ0v) is 18.0. The molecule has 0 radical (unpaired) electrons. The van der Waals surface area contributed by atoms with Crippen LogP contribution < -0.4 is 5.32 Å². The lowest BCUT2D eigenvalue weighted by Gasteiger charge is -2.25. The highest BCUT2D eigenvalue weighted by molar-refractivity contribution is 8.14. The van der Waals surface area contributed by atoms with Crippen LogP contribution in [0.5, 0.6) is 0 Å². The van der Waals surface area contributed by atoms with Crippen LogP contribution in [-0.4, -0.2) is 50.7 Å². The molecule has 0 bridgehead atoms. The number of thioether (sulfide) groups is 1. The number of carbonyl (C=O) groups is 3. The Hall–Kier alpha value is -2.84. The number of anilines is 1. The van der Waals surface area contributed by atoms with E-state index in [4.69, 9.17) is 0 Å². The van der Waals surface area contributed by atoms with E-state index in [1.807, 2.05) is 30.5 Å². The lowest BCUT2D eigenvalue weighted by atomic mass is 10.0. The number of benzene rings is 1. The molecule has 2 fully saturated rings. The zero-order valence-electron chi connectivity index (χ0n) is 17.1. The Morgan fingerprint density at radius 1 is 1.00 bits per heavy atom. The maximum Gasteiger partial charge on any atom is 0.289 e. The van der Waals surface area contributed by atoms with Crippen LogP contribution in [-0.2, 0) is 22.7 Å². The van der Waals surface area contributed by atoms with Crippen LogP contribution in [0, 0.1) is 0 Å². The maximum absolute atomic E-state index is 12.6. The molecule has 2 saturated heterocycles. The highest BCUT2D eigenvalue weighted by atomic mass is 32.2. The Bertz CT molecular complexity index is 1070. The summed E-state index contributed by atoms with van der Waals surface area (Å²) < 4.78 is 0. The second-order valence-electron chi connectivity index (χ2n) is 8.23. The summed E-state index contributed by atoms with van der Waals surface area (Å²) >= 11 is 1.03. The molecular formula is C23H24N4O3S. The molecule has 3 aliphatic rings. The summed E-state index contributed by atoms with van der Waals surface area (Å²) in [5.41, 5.74) is 5.04. The number of fused-ring (bicyclic) bond motifs is 1. The summed E-state index contributed by atoms with van der Waals surface area (Å²) in [6.07, 6.45) is 7.71. The van der Waals surface area contributed by atoms with Crippen molar-refractivity contribution in [3.63, 3.8) is 0 Å². The summed E-state index contributed by atoms with van der Waals surface area (Å²) in [7, 11) is 0. The molecule has 31 heavy (non-hydrogen) atoms. The number of nitrogens with zero attached hydrogens (tertiary/aromatic N) is 2.